The molecular formula is C65H120O6. The van der Waals surface area contributed by atoms with Gasteiger partial charge in [-0.05, 0) is 51.4 Å². The molecule has 1 atom stereocenters. The quantitative estimate of drug-likeness (QED) is 0.0261. The molecule has 0 aliphatic rings. The summed E-state index contributed by atoms with van der Waals surface area (Å²) in [5.74, 6) is -0.864. The van der Waals surface area contributed by atoms with Gasteiger partial charge in [-0.25, -0.2) is 0 Å². The topological polar surface area (TPSA) is 78.9 Å². The summed E-state index contributed by atoms with van der Waals surface area (Å²) < 4.78 is 16.9. The highest BCUT2D eigenvalue weighted by Gasteiger charge is 2.19. The summed E-state index contributed by atoms with van der Waals surface area (Å²) in [6, 6.07) is 0. The fourth-order valence-electron chi connectivity index (χ4n) is 9.46. The Kier molecular flexibility index (Phi) is 58.2. The van der Waals surface area contributed by atoms with Crippen molar-refractivity contribution in [3.63, 3.8) is 0 Å². The van der Waals surface area contributed by atoms with Crippen LogP contribution in [0.15, 0.2) is 36.5 Å². The Morgan fingerprint density at radius 2 is 0.549 bits per heavy atom. The second-order valence-corrected chi connectivity index (χ2v) is 21.3. The van der Waals surface area contributed by atoms with Gasteiger partial charge in [0.1, 0.15) is 13.2 Å². The molecule has 0 aromatic heterocycles. The van der Waals surface area contributed by atoms with E-state index in [0.29, 0.717) is 19.3 Å². The fourth-order valence-corrected chi connectivity index (χ4v) is 9.46. The largest absolute Gasteiger partial charge is 0.462 e. The van der Waals surface area contributed by atoms with Crippen molar-refractivity contribution in [3.8, 4) is 0 Å². The fraction of sp³-hybridized carbons (Fsp3) is 0.862. The molecule has 0 spiro atoms. The smallest absolute Gasteiger partial charge is 0.306 e. The average molecular weight is 998 g/mol. The van der Waals surface area contributed by atoms with Crippen LogP contribution in [0.25, 0.3) is 0 Å². The number of unbranched alkanes of at least 4 members (excludes halogenated alkanes) is 41. The van der Waals surface area contributed by atoms with Gasteiger partial charge in [0.05, 0.1) is 0 Å². The zero-order valence-corrected chi connectivity index (χ0v) is 47.8. The molecule has 416 valence electrons. The van der Waals surface area contributed by atoms with Crippen LogP contribution in [0.3, 0.4) is 0 Å². The van der Waals surface area contributed by atoms with Crippen LogP contribution in [0.2, 0.25) is 0 Å². The summed E-state index contributed by atoms with van der Waals surface area (Å²) in [6.45, 7) is 6.58. The molecule has 0 amide bonds. The monoisotopic (exact) mass is 997 g/mol. The van der Waals surface area contributed by atoms with Crippen molar-refractivity contribution in [2.45, 2.75) is 348 Å². The Hall–Kier alpha value is -2.37. The van der Waals surface area contributed by atoms with E-state index < -0.39 is 6.10 Å². The average Bonchev–Trinajstić information content (AvgIpc) is 3.37. The van der Waals surface area contributed by atoms with Crippen LogP contribution >= 0.6 is 0 Å². The summed E-state index contributed by atoms with van der Waals surface area (Å²) in [5.41, 5.74) is 0. The summed E-state index contributed by atoms with van der Waals surface area (Å²) in [4.78, 5) is 38.3. The van der Waals surface area contributed by atoms with Crippen LogP contribution in [0.5, 0.6) is 0 Å². The molecule has 0 radical (unpaired) electrons. The first-order valence-corrected chi connectivity index (χ1v) is 31.5. The van der Waals surface area contributed by atoms with Gasteiger partial charge in [-0.3, -0.25) is 14.4 Å². The number of ether oxygens (including phenoxy) is 3. The number of hydrogen-bond acceptors (Lipinski definition) is 6. The first-order valence-electron chi connectivity index (χ1n) is 31.5. The second kappa shape index (κ2) is 60.2. The molecule has 0 rings (SSSR count). The lowest BCUT2D eigenvalue weighted by Gasteiger charge is -2.18. The van der Waals surface area contributed by atoms with E-state index in [1.807, 2.05) is 0 Å². The zero-order chi connectivity index (χ0) is 51.4. The molecule has 0 unspecified atom stereocenters. The maximum atomic E-state index is 12.9. The maximum absolute atomic E-state index is 12.9. The molecule has 6 nitrogen and oxygen atoms in total. The van der Waals surface area contributed by atoms with E-state index in [1.54, 1.807) is 0 Å². The molecule has 0 fully saturated rings. The molecule has 71 heavy (non-hydrogen) atoms. The van der Waals surface area contributed by atoms with Crippen LogP contribution in [0.1, 0.15) is 342 Å². The summed E-state index contributed by atoms with van der Waals surface area (Å²) >= 11 is 0. The number of hydrogen-bond donors (Lipinski definition) is 0. The molecule has 0 saturated heterocycles. The standard InChI is InChI=1S/C65H120O6/c1-4-7-10-13-16-19-22-25-28-30-32-34-37-40-43-46-49-52-55-58-64(67)70-61-62(60-69-63(66)57-54-51-48-45-42-39-36-27-24-21-18-15-12-9-6-3)71-65(68)59-56-53-50-47-44-41-38-35-33-31-29-26-23-20-17-14-11-8-5-2/h9,12,18,21,27,36,62H,4-8,10-11,13-17,19-20,22-26,28-35,37-61H2,1-3H3/b12-9+,21-18+,36-27+/t62-/m1/s1. The van der Waals surface area contributed by atoms with Gasteiger partial charge in [-0.1, -0.05) is 308 Å². The van der Waals surface area contributed by atoms with E-state index in [1.165, 1.54) is 205 Å². The van der Waals surface area contributed by atoms with E-state index in [-0.39, 0.29) is 31.1 Å². The minimum absolute atomic E-state index is 0.0722. The van der Waals surface area contributed by atoms with Crippen molar-refractivity contribution in [1.82, 2.24) is 0 Å². The van der Waals surface area contributed by atoms with E-state index in [0.717, 1.165) is 96.3 Å². The Morgan fingerprint density at radius 1 is 0.296 bits per heavy atom. The van der Waals surface area contributed by atoms with Crippen molar-refractivity contribution in [3.05, 3.63) is 36.5 Å². The first-order chi connectivity index (χ1) is 35.0. The van der Waals surface area contributed by atoms with Crippen molar-refractivity contribution in [1.29, 1.82) is 0 Å². The minimum Gasteiger partial charge on any atom is -0.462 e. The predicted octanol–water partition coefficient (Wildman–Crippen LogP) is 21.2. The molecule has 0 bridgehead atoms. The lowest BCUT2D eigenvalue weighted by atomic mass is 10.0. The van der Waals surface area contributed by atoms with Gasteiger partial charge in [0.15, 0.2) is 6.10 Å². The lowest BCUT2D eigenvalue weighted by molar-refractivity contribution is -0.167. The van der Waals surface area contributed by atoms with Crippen molar-refractivity contribution in [2.24, 2.45) is 0 Å². The molecule has 0 saturated carbocycles. The molecule has 0 heterocycles. The van der Waals surface area contributed by atoms with Crippen LogP contribution < -0.4 is 0 Å². The van der Waals surface area contributed by atoms with Gasteiger partial charge in [0, 0.05) is 19.3 Å². The Bertz CT molecular complexity index is 1190. The SMILES string of the molecule is CC/C=C/C/C=C/C/C=C/CCCCCCCC(=O)OC[C@H](COC(=O)CCCCCCCCCCCCCCCCCCCCC)OC(=O)CCCCCCCCCCCCCCCCCCCCC. The highest BCUT2D eigenvalue weighted by atomic mass is 16.6. The van der Waals surface area contributed by atoms with Crippen LogP contribution in [0.4, 0.5) is 0 Å². The molecule has 0 aliphatic heterocycles. The van der Waals surface area contributed by atoms with Crippen LogP contribution in [-0.4, -0.2) is 37.2 Å². The third-order valence-corrected chi connectivity index (χ3v) is 14.2. The predicted molar refractivity (Wildman–Crippen MR) is 307 cm³/mol. The molecule has 0 aromatic rings. The summed E-state index contributed by atoms with van der Waals surface area (Å²) in [7, 11) is 0. The molecule has 6 heteroatoms. The van der Waals surface area contributed by atoms with Crippen molar-refractivity contribution in [2.75, 3.05) is 13.2 Å². The highest BCUT2D eigenvalue weighted by Crippen LogP contribution is 2.18. The van der Waals surface area contributed by atoms with E-state index in [9.17, 15) is 14.4 Å². The van der Waals surface area contributed by atoms with Gasteiger partial charge < -0.3 is 14.2 Å². The number of esters is 3. The second-order valence-electron chi connectivity index (χ2n) is 21.3. The Labute approximate surface area is 442 Å². The number of carbonyl (C=O) groups excluding carboxylic acids is 3. The third-order valence-electron chi connectivity index (χ3n) is 14.2. The van der Waals surface area contributed by atoms with Crippen molar-refractivity contribution < 1.29 is 28.6 Å². The molecule has 0 aromatic carbocycles. The first kappa shape index (κ1) is 68.6. The lowest BCUT2D eigenvalue weighted by Crippen LogP contribution is -2.30. The highest BCUT2D eigenvalue weighted by molar-refractivity contribution is 5.71. The van der Waals surface area contributed by atoms with Gasteiger partial charge in [-0.2, -0.15) is 0 Å². The number of rotatable bonds is 58. The number of carbonyl (C=O) groups is 3. The molecule has 0 N–H and O–H groups in total. The van der Waals surface area contributed by atoms with E-state index >= 15 is 0 Å². The van der Waals surface area contributed by atoms with Gasteiger partial charge in [0.2, 0.25) is 0 Å². The van der Waals surface area contributed by atoms with Crippen LogP contribution in [0, 0.1) is 0 Å². The molecule has 0 aliphatic carbocycles. The van der Waals surface area contributed by atoms with Crippen LogP contribution in [-0.2, 0) is 28.6 Å². The van der Waals surface area contributed by atoms with Gasteiger partial charge >= 0.3 is 17.9 Å². The van der Waals surface area contributed by atoms with E-state index in [4.69, 9.17) is 14.2 Å². The third kappa shape index (κ3) is 58.4. The zero-order valence-electron chi connectivity index (χ0n) is 47.8. The maximum Gasteiger partial charge on any atom is 0.306 e. The summed E-state index contributed by atoms with van der Waals surface area (Å²) in [6.07, 6.45) is 72.9. The van der Waals surface area contributed by atoms with Gasteiger partial charge in [-0.15, -0.1) is 0 Å². The Morgan fingerprint density at radius 3 is 0.859 bits per heavy atom. The summed E-state index contributed by atoms with van der Waals surface area (Å²) in [5, 5.41) is 0. The van der Waals surface area contributed by atoms with Crippen molar-refractivity contribution >= 4 is 17.9 Å². The molecular weight excluding hydrogens is 877 g/mol. The minimum atomic E-state index is -0.776. The van der Waals surface area contributed by atoms with Gasteiger partial charge in [0.25, 0.3) is 0 Å². The number of allylic oxidation sites excluding steroid dienone is 6. The normalized spacial score (nSPS) is 12.2. The van der Waals surface area contributed by atoms with E-state index in [2.05, 4.69) is 57.2 Å². The Balaban J connectivity index is 4.32.